The van der Waals surface area contributed by atoms with Gasteiger partial charge in [-0.2, -0.15) is 5.26 Å². The van der Waals surface area contributed by atoms with Crippen molar-refractivity contribution in [3.8, 4) is 6.07 Å². The van der Waals surface area contributed by atoms with Crippen molar-refractivity contribution in [2.45, 2.75) is 13.3 Å². The van der Waals surface area contributed by atoms with Crippen molar-refractivity contribution in [3.05, 3.63) is 69.7 Å². The Morgan fingerprint density at radius 3 is 2.47 bits per heavy atom. The van der Waals surface area contributed by atoms with Gasteiger partial charge in [0, 0.05) is 16.1 Å². The van der Waals surface area contributed by atoms with E-state index < -0.39 is 0 Å². The van der Waals surface area contributed by atoms with E-state index in [0.29, 0.717) is 22.6 Å². The average molecular weight is 270 g/mol. The molecule has 0 unspecified atom stereocenters. The normalized spacial score (nSPS) is 9.95. The van der Waals surface area contributed by atoms with Gasteiger partial charge in [-0.15, -0.1) is 0 Å². The number of nitrogens with zero attached hydrogens (tertiary/aromatic N) is 1. The molecular weight excluding hydrogens is 258 g/mol. The highest BCUT2D eigenvalue weighted by molar-refractivity contribution is 6.30. The van der Waals surface area contributed by atoms with Crippen LogP contribution in [-0.2, 0) is 6.42 Å². The number of carbonyl (C=O) groups excluding carboxylic acids is 1. The molecule has 0 saturated carbocycles. The maximum atomic E-state index is 12.3. The average Bonchev–Trinajstić information content (AvgIpc) is 2.38. The minimum absolute atomic E-state index is 0.0560. The van der Waals surface area contributed by atoms with E-state index in [1.54, 1.807) is 30.3 Å². The topological polar surface area (TPSA) is 40.9 Å². The summed E-state index contributed by atoms with van der Waals surface area (Å²) in [5.74, 6) is -0.0560. The molecule has 0 aromatic heterocycles. The lowest BCUT2D eigenvalue weighted by Gasteiger charge is -2.05. The van der Waals surface area contributed by atoms with Crippen molar-refractivity contribution in [1.82, 2.24) is 0 Å². The van der Waals surface area contributed by atoms with Gasteiger partial charge >= 0.3 is 0 Å². The fourth-order valence-electron chi connectivity index (χ4n) is 1.95. The van der Waals surface area contributed by atoms with Crippen LogP contribution in [0.15, 0.2) is 42.5 Å². The second kappa shape index (κ2) is 5.69. The highest BCUT2D eigenvalue weighted by Gasteiger charge is 2.10. The first-order chi connectivity index (χ1) is 9.10. The SMILES string of the molecule is Cc1cc(CC#N)cc(C(=O)c2ccc(Cl)cc2)c1. The second-order valence-corrected chi connectivity index (χ2v) is 4.81. The van der Waals surface area contributed by atoms with Crippen LogP contribution in [0.4, 0.5) is 0 Å². The molecule has 0 radical (unpaired) electrons. The van der Waals surface area contributed by atoms with Gasteiger partial charge in [0.15, 0.2) is 5.78 Å². The highest BCUT2D eigenvalue weighted by atomic mass is 35.5. The van der Waals surface area contributed by atoms with Crippen molar-refractivity contribution < 1.29 is 4.79 Å². The molecule has 0 aliphatic heterocycles. The Balaban J connectivity index is 2.38. The summed E-state index contributed by atoms with van der Waals surface area (Å²) in [5, 5.41) is 9.34. The quantitative estimate of drug-likeness (QED) is 0.792. The zero-order valence-corrected chi connectivity index (χ0v) is 11.2. The number of hydrogen-bond acceptors (Lipinski definition) is 2. The molecule has 0 N–H and O–H groups in total. The molecule has 0 heterocycles. The Bertz CT molecular complexity index is 653. The fraction of sp³-hybridized carbons (Fsp3) is 0.125. The maximum Gasteiger partial charge on any atom is 0.193 e. The van der Waals surface area contributed by atoms with Gasteiger partial charge in [-0.05, 0) is 48.9 Å². The predicted molar refractivity (Wildman–Crippen MR) is 75.4 cm³/mol. The van der Waals surface area contributed by atoms with Crippen LogP contribution in [0, 0.1) is 18.3 Å². The molecule has 0 saturated heterocycles. The molecule has 0 amide bonds. The monoisotopic (exact) mass is 269 g/mol. The third-order valence-electron chi connectivity index (χ3n) is 2.79. The molecular formula is C16H12ClNO. The first kappa shape index (κ1) is 13.3. The largest absolute Gasteiger partial charge is 0.289 e. The van der Waals surface area contributed by atoms with Gasteiger partial charge in [-0.3, -0.25) is 4.79 Å². The molecule has 2 aromatic rings. The number of rotatable bonds is 3. The molecule has 0 bridgehead atoms. The number of halogens is 1. The lowest BCUT2D eigenvalue weighted by molar-refractivity contribution is 0.103. The van der Waals surface area contributed by atoms with Crippen LogP contribution in [0.3, 0.4) is 0 Å². The molecule has 3 heteroatoms. The number of ketones is 1. The van der Waals surface area contributed by atoms with E-state index in [1.165, 1.54) is 0 Å². The first-order valence-electron chi connectivity index (χ1n) is 5.88. The smallest absolute Gasteiger partial charge is 0.193 e. The summed E-state index contributed by atoms with van der Waals surface area (Å²) in [5.41, 5.74) is 3.04. The summed E-state index contributed by atoms with van der Waals surface area (Å²) >= 11 is 5.81. The Morgan fingerprint density at radius 1 is 1.16 bits per heavy atom. The van der Waals surface area contributed by atoms with Crippen molar-refractivity contribution in [2.24, 2.45) is 0 Å². The number of carbonyl (C=O) groups is 1. The van der Waals surface area contributed by atoms with Crippen LogP contribution in [0.1, 0.15) is 27.0 Å². The lowest BCUT2D eigenvalue weighted by Crippen LogP contribution is -2.02. The van der Waals surface area contributed by atoms with E-state index in [1.807, 2.05) is 19.1 Å². The summed E-state index contributed by atoms with van der Waals surface area (Å²) in [6.45, 7) is 1.92. The van der Waals surface area contributed by atoms with E-state index in [0.717, 1.165) is 11.1 Å². The van der Waals surface area contributed by atoms with Crippen LogP contribution in [0.2, 0.25) is 5.02 Å². The van der Waals surface area contributed by atoms with E-state index >= 15 is 0 Å². The van der Waals surface area contributed by atoms with E-state index in [-0.39, 0.29) is 5.78 Å². The van der Waals surface area contributed by atoms with Gasteiger partial charge in [0.2, 0.25) is 0 Å². The molecule has 0 aliphatic carbocycles. The third kappa shape index (κ3) is 3.21. The number of benzene rings is 2. The molecule has 0 aliphatic rings. The minimum atomic E-state index is -0.0560. The van der Waals surface area contributed by atoms with Gasteiger partial charge in [0.25, 0.3) is 0 Å². The molecule has 0 fully saturated rings. The molecule has 2 rings (SSSR count). The standard InChI is InChI=1S/C16H12ClNO/c1-11-8-12(6-7-18)10-14(9-11)16(19)13-2-4-15(17)5-3-13/h2-5,8-10H,6H2,1H3. The van der Waals surface area contributed by atoms with Gasteiger partial charge < -0.3 is 0 Å². The van der Waals surface area contributed by atoms with Crippen LogP contribution >= 0.6 is 11.6 Å². The van der Waals surface area contributed by atoms with Crippen molar-refractivity contribution in [2.75, 3.05) is 0 Å². The van der Waals surface area contributed by atoms with Gasteiger partial charge in [0.05, 0.1) is 12.5 Å². The number of nitriles is 1. The fourth-order valence-corrected chi connectivity index (χ4v) is 2.08. The summed E-state index contributed by atoms with van der Waals surface area (Å²) in [4.78, 5) is 12.3. The second-order valence-electron chi connectivity index (χ2n) is 4.38. The van der Waals surface area contributed by atoms with E-state index in [4.69, 9.17) is 16.9 Å². The zero-order chi connectivity index (χ0) is 13.8. The summed E-state index contributed by atoms with van der Waals surface area (Å²) in [7, 11) is 0. The lowest BCUT2D eigenvalue weighted by atomic mass is 9.98. The van der Waals surface area contributed by atoms with Crippen LogP contribution in [-0.4, -0.2) is 5.78 Å². The maximum absolute atomic E-state index is 12.3. The zero-order valence-electron chi connectivity index (χ0n) is 10.5. The van der Waals surface area contributed by atoms with Gasteiger partial charge in [-0.1, -0.05) is 23.2 Å². The molecule has 94 valence electrons. The van der Waals surface area contributed by atoms with Crippen LogP contribution in [0.5, 0.6) is 0 Å². The molecule has 0 spiro atoms. The molecule has 2 nitrogen and oxygen atoms in total. The Morgan fingerprint density at radius 2 is 1.84 bits per heavy atom. The third-order valence-corrected chi connectivity index (χ3v) is 3.04. The first-order valence-corrected chi connectivity index (χ1v) is 6.26. The highest BCUT2D eigenvalue weighted by Crippen LogP contribution is 2.17. The van der Waals surface area contributed by atoms with Gasteiger partial charge in [0.1, 0.15) is 0 Å². The van der Waals surface area contributed by atoms with Crippen molar-refractivity contribution >= 4 is 17.4 Å². The number of aryl methyl sites for hydroxylation is 1. The van der Waals surface area contributed by atoms with Crippen molar-refractivity contribution in [3.63, 3.8) is 0 Å². The summed E-state index contributed by atoms with van der Waals surface area (Å²) in [6.07, 6.45) is 0.308. The molecule has 19 heavy (non-hydrogen) atoms. The molecule has 2 aromatic carbocycles. The van der Waals surface area contributed by atoms with Crippen molar-refractivity contribution in [1.29, 1.82) is 5.26 Å². The van der Waals surface area contributed by atoms with E-state index in [2.05, 4.69) is 6.07 Å². The van der Waals surface area contributed by atoms with E-state index in [9.17, 15) is 4.79 Å². The Hall–Kier alpha value is -2.11. The minimum Gasteiger partial charge on any atom is -0.289 e. The van der Waals surface area contributed by atoms with Crippen LogP contribution in [0.25, 0.3) is 0 Å². The van der Waals surface area contributed by atoms with Gasteiger partial charge in [-0.25, -0.2) is 0 Å². The number of hydrogen-bond donors (Lipinski definition) is 0. The van der Waals surface area contributed by atoms with Crippen LogP contribution < -0.4 is 0 Å². The Labute approximate surface area is 117 Å². The summed E-state index contributed by atoms with van der Waals surface area (Å²) < 4.78 is 0. The summed E-state index contributed by atoms with van der Waals surface area (Å²) in [6, 6.07) is 14.4. The Kier molecular flexibility index (Phi) is 3.99. The predicted octanol–water partition coefficient (Wildman–Crippen LogP) is 3.95. The molecule has 0 atom stereocenters.